The molecule has 0 aliphatic heterocycles. The van der Waals surface area contributed by atoms with Crippen molar-refractivity contribution < 1.29 is 9.13 Å². The number of nitrogens with zero attached hydrogens (tertiary/aromatic N) is 3. The van der Waals surface area contributed by atoms with Crippen LogP contribution in [-0.4, -0.2) is 26.6 Å². The summed E-state index contributed by atoms with van der Waals surface area (Å²) in [5, 5.41) is 0. The van der Waals surface area contributed by atoms with Crippen molar-refractivity contribution in [3.8, 4) is 11.6 Å². The van der Waals surface area contributed by atoms with Gasteiger partial charge in [0.15, 0.2) is 10.4 Å². The van der Waals surface area contributed by atoms with Crippen molar-refractivity contribution in [2.75, 3.05) is 7.11 Å². The minimum atomic E-state index is -0.362. The van der Waals surface area contributed by atoms with Crippen molar-refractivity contribution in [2.45, 2.75) is 6.92 Å². The molecule has 0 fully saturated rings. The van der Waals surface area contributed by atoms with Crippen LogP contribution in [0.3, 0.4) is 0 Å². The van der Waals surface area contributed by atoms with Crippen LogP contribution in [-0.2, 0) is 0 Å². The van der Waals surface area contributed by atoms with E-state index < -0.39 is 0 Å². The van der Waals surface area contributed by atoms with Crippen LogP contribution in [0.2, 0.25) is 0 Å². The third-order valence-electron chi connectivity index (χ3n) is 3.04. The highest BCUT2D eigenvalue weighted by Gasteiger charge is 2.16. The second kappa shape index (κ2) is 4.68. The minimum absolute atomic E-state index is 0.340. The van der Waals surface area contributed by atoms with Gasteiger partial charge in [-0.05, 0) is 30.8 Å². The molecular formula is C13H11FN4OS. The Morgan fingerprint density at radius 2 is 2.15 bits per heavy atom. The Morgan fingerprint density at radius 1 is 1.35 bits per heavy atom. The molecule has 2 aromatic heterocycles. The first-order valence-electron chi connectivity index (χ1n) is 5.88. The van der Waals surface area contributed by atoms with Crippen molar-refractivity contribution in [3.63, 3.8) is 0 Å². The first-order chi connectivity index (χ1) is 9.63. The first-order valence-corrected chi connectivity index (χ1v) is 6.29. The van der Waals surface area contributed by atoms with Crippen LogP contribution in [0, 0.1) is 17.5 Å². The summed E-state index contributed by atoms with van der Waals surface area (Å²) in [6.07, 6.45) is 1.36. The SMILES string of the molecule is COc1ncnc2c1[nH]c(=S)n2-c1c(C)cccc1F. The van der Waals surface area contributed by atoms with Gasteiger partial charge in [0.25, 0.3) is 0 Å². The van der Waals surface area contributed by atoms with E-state index in [4.69, 9.17) is 17.0 Å². The Balaban J connectivity index is 2.44. The van der Waals surface area contributed by atoms with Crippen molar-refractivity contribution in [3.05, 3.63) is 40.7 Å². The van der Waals surface area contributed by atoms with Gasteiger partial charge in [0.1, 0.15) is 17.7 Å². The summed E-state index contributed by atoms with van der Waals surface area (Å²) in [5.74, 6) is 0.00780. The Bertz CT molecular complexity index is 835. The number of H-pyrrole nitrogens is 1. The average Bonchev–Trinajstić information content (AvgIpc) is 2.75. The van der Waals surface area contributed by atoms with E-state index >= 15 is 0 Å². The molecule has 20 heavy (non-hydrogen) atoms. The molecule has 0 saturated carbocycles. The summed E-state index contributed by atoms with van der Waals surface area (Å²) in [6, 6.07) is 4.86. The quantitative estimate of drug-likeness (QED) is 0.737. The maximum Gasteiger partial charge on any atom is 0.242 e. The molecule has 0 unspecified atom stereocenters. The maximum atomic E-state index is 14.1. The summed E-state index contributed by atoms with van der Waals surface area (Å²) in [5.41, 5.74) is 2.17. The molecule has 0 bridgehead atoms. The fourth-order valence-corrected chi connectivity index (χ4v) is 2.45. The van der Waals surface area contributed by atoms with Gasteiger partial charge in [-0.15, -0.1) is 0 Å². The molecule has 102 valence electrons. The predicted molar refractivity (Wildman–Crippen MR) is 75.3 cm³/mol. The fraction of sp³-hybridized carbons (Fsp3) is 0.154. The summed E-state index contributed by atoms with van der Waals surface area (Å²) in [6.45, 7) is 1.82. The van der Waals surface area contributed by atoms with E-state index in [-0.39, 0.29) is 5.82 Å². The molecule has 0 amide bonds. The van der Waals surface area contributed by atoms with Crippen LogP contribution in [0.4, 0.5) is 4.39 Å². The van der Waals surface area contributed by atoms with E-state index in [1.54, 1.807) is 10.6 Å². The monoisotopic (exact) mass is 290 g/mol. The summed E-state index contributed by atoms with van der Waals surface area (Å²) >= 11 is 5.28. The Kier molecular flexibility index (Phi) is 2.98. The topological polar surface area (TPSA) is 55.7 Å². The highest BCUT2D eigenvalue weighted by atomic mass is 32.1. The van der Waals surface area contributed by atoms with Gasteiger partial charge in [-0.25, -0.2) is 9.37 Å². The second-order valence-corrected chi connectivity index (χ2v) is 4.64. The van der Waals surface area contributed by atoms with Crippen LogP contribution in [0.5, 0.6) is 5.88 Å². The number of hydrogen-bond donors (Lipinski definition) is 1. The van der Waals surface area contributed by atoms with E-state index in [0.29, 0.717) is 27.5 Å². The summed E-state index contributed by atoms with van der Waals surface area (Å²) < 4.78 is 21.2. The van der Waals surface area contributed by atoms with Gasteiger partial charge in [-0.2, -0.15) is 4.98 Å². The van der Waals surface area contributed by atoms with Gasteiger partial charge in [0.2, 0.25) is 5.88 Å². The Hall–Kier alpha value is -2.28. The lowest BCUT2D eigenvalue weighted by atomic mass is 10.2. The maximum absolute atomic E-state index is 14.1. The molecule has 3 aromatic rings. The molecular weight excluding hydrogens is 279 g/mol. The fourth-order valence-electron chi connectivity index (χ4n) is 2.17. The molecule has 0 saturated heterocycles. The number of para-hydroxylation sites is 1. The van der Waals surface area contributed by atoms with E-state index in [9.17, 15) is 4.39 Å². The lowest BCUT2D eigenvalue weighted by molar-refractivity contribution is 0.401. The van der Waals surface area contributed by atoms with E-state index in [0.717, 1.165) is 5.56 Å². The standard InChI is InChI=1S/C13H11FN4OS/c1-7-4-3-5-8(14)10(7)18-11-9(17-13(18)20)12(19-2)16-6-15-11/h3-6H,1-2H3,(H,17,20). The van der Waals surface area contributed by atoms with Crippen LogP contribution in [0.15, 0.2) is 24.5 Å². The Labute approximate surface area is 119 Å². The van der Waals surface area contributed by atoms with Gasteiger partial charge in [0.05, 0.1) is 12.8 Å². The number of hydrogen-bond acceptors (Lipinski definition) is 4. The van der Waals surface area contributed by atoms with E-state index in [1.807, 2.05) is 13.0 Å². The van der Waals surface area contributed by atoms with Crippen molar-refractivity contribution in [1.82, 2.24) is 19.5 Å². The average molecular weight is 290 g/mol. The number of aromatic nitrogens is 4. The zero-order chi connectivity index (χ0) is 14.3. The number of aryl methyl sites for hydroxylation is 1. The minimum Gasteiger partial charge on any atom is -0.479 e. The van der Waals surface area contributed by atoms with Gasteiger partial charge >= 0.3 is 0 Å². The van der Waals surface area contributed by atoms with Gasteiger partial charge in [-0.3, -0.25) is 4.57 Å². The van der Waals surface area contributed by atoms with E-state index in [1.165, 1.54) is 19.5 Å². The second-order valence-electron chi connectivity index (χ2n) is 4.25. The van der Waals surface area contributed by atoms with Crippen LogP contribution in [0.25, 0.3) is 16.9 Å². The third-order valence-corrected chi connectivity index (χ3v) is 3.33. The van der Waals surface area contributed by atoms with Crippen LogP contribution in [0.1, 0.15) is 5.56 Å². The van der Waals surface area contributed by atoms with E-state index in [2.05, 4.69) is 15.0 Å². The molecule has 2 heterocycles. The number of ether oxygens (including phenoxy) is 1. The van der Waals surface area contributed by atoms with Crippen LogP contribution < -0.4 is 4.74 Å². The number of rotatable bonds is 2. The zero-order valence-corrected chi connectivity index (χ0v) is 11.7. The normalized spacial score (nSPS) is 10.9. The number of imidazole rings is 1. The number of aromatic amines is 1. The van der Waals surface area contributed by atoms with Crippen molar-refractivity contribution in [2.24, 2.45) is 0 Å². The first kappa shape index (κ1) is 12.7. The zero-order valence-electron chi connectivity index (χ0n) is 10.8. The van der Waals surface area contributed by atoms with Crippen molar-refractivity contribution >= 4 is 23.4 Å². The van der Waals surface area contributed by atoms with Gasteiger partial charge in [0, 0.05) is 0 Å². The molecule has 1 aromatic carbocycles. The molecule has 7 heteroatoms. The van der Waals surface area contributed by atoms with Crippen LogP contribution >= 0.6 is 12.2 Å². The number of fused-ring (bicyclic) bond motifs is 1. The molecule has 0 atom stereocenters. The number of methoxy groups -OCH3 is 1. The highest BCUT2D eigenvalue weighted by Crippen LogP contribution is 2.26. The predicted octanol–water partition coefficient (Wildman–Crippen LogP) is 2.93. The largest absolute Gasteiger partial charge is 0.479 e. The highest BCUT2D eigenvalue weighted by molar-refractivity contribution is 7.71. The van der Waals surface area contributed by atoms with Gasteiger partial charge in [-0.1, -0.05) is 12.1 Å². The molecule has 0 aliphatic carbocycles. The molecule has 0 aliphatic rings. The number of halogens is 1. The Morgan fingerprint density at radius 3 is 2.85 bits per heavy atom. The summed E-state index contributed by atoms with van der Waals surface area (Å²) in [4.78, 5) is 11.1. The lowest BCUT2D eigenvalue weighted by Crippen LogP contribution is -2.02. The number of nitrogens with one attached hydrogen (secondary N) is 1. The number of benzene rings is 1. The third kappa shape index (κ3) is 1.78. The lowest BCUT2D eigenvalue weighted by Gasteiger charge is -2.08. The molecule has 5 nitrogen and oxygen atoms in total. The van der Waals surface area contributed by atoms with Gasteiger partial charge < -0.3 is 9.72 Å². The molecule has 0 radical (unpaired) electrons. The molecule has 0 spiro atoms. The van der Waals surface area contributed by atoms with Crippen molar-refractivity contribution in [1.29, 1.82) is 0 Å². The molecule has 1 N–H and O–H groups in total. The smallest absolute Gasteiger partial charge is 0.242 e. The molecule has 3 rings (SSSR count). The summed E-state index contributed by atoms with van der Waals surface area (Å²) in [7, 11) is 1.50.